The molecule has 0 amide bonds. The molecule has 5 heteroatoms. The van der Waals surface area contributed by atoms with Gasteiger partial charge in [-0.3, -0.25) is 4.90 Å². The van der Waals surface area contributed by atoms with Gasteiger partial charge in [0, 0.05) is 6.04 Å². The van der Waals surface area contributed by atoms with Crippen molar-refractivity contribution in [3.8, 4) is 0 Å². The first-order valence-electron chi connectivity index (χ1n) is 7.92. The second kappa shape index (κ2) is 4.85. The molecule has 3 aliphatic rings. The van der Waals surface area contributed by atoms with Crippen LogP contribution < -0.4 is 0 Å². The van der Waals surface area contributed by atoms with Crippen LogP contribution in [0.3, 0.4) is 0 Å². The number of fused-ring (bicyclic) bond motifs is 1. The topological polar surface area (TPSA) is 46.8 Å². The Bertz CT molecular complexity index is 437. The van der Waals surface area contributed by atoms with E-state index in [0.717, 1.165) is 24.3 Å². The van der Waals surface area contributed by atoms with Gasteiger partial charge < -0.3 is 0 Å². The molecule has 1 aliphatic heterocycles. The van der Waals surface area contributed by atoms with Gasteiger partial charge >= 0.3 is 0 Å². The van der Waals surface area contributed by atoms with Crippen LogP contribution in [0.4, 0.5) is 0 Å². The Labute approximate surface area is 114 Å². The molecular formula is C14H23N5. The van der Waals surface area contributed by atoms with Crippen molar-refractivity contribution in [3.05, 3.63) is 5.82 Å². The van der Waals surface area contributed by atoms with Gasteiger partial charge in [-0.2, -0.15) is 0 Å². The average molecular weight is 261 g/mol. The first-order chi connectivity index (χ1) is 9.42. The lowest BCUT2D eigenvalue weighted by molar-refractivity contribution is 0.0515. The zero-order valence-electron chi connectivity index (χ0n) is 11.5. The summed E-state index contributed by atoms with van der Waals surface area (Å²) in [4.78, 5) is 2.66. The monoisotopic (exact) mass is 261 g/mol. The van der Waals surface area contributed by atoms with Crippen LogP contribution in [0.5, 0.6) is 0 Å². The van der Waals surface area contributed by atoms with Crippen LogP contribution in [0, 0.1) is 5.92 Å². The van der Waals surface area contributed by atoms with Crippen molar-refractivity contribution in [1.82, 2.24) is 25.1 Å². The number of tetrazole rings is 1. The fourth-order valence-electron chi connectivity index (χ4n) is 4.02. The lowest BCUT2D eigenvalue weighted by atomic mass is 9.78. The Morgan fingerprint density at radius 2 is 1.84 bits per heavy atom. The van der Waals surface area contributed by atoms with E-state index in [4.69, 9.17) is 0 Å². The minimum Gasteiger partial charge on any atom is -0.293 e. The molecule has 104 valence electrons. The van der Waals surface area contributed by atoms with Crippen LogP contribution >= 0.6 is 0 Å². The zero-order chi connectivity index (χ0) is 12.7. The summed E-state index contributed by atoms with van der Waals surface area (Å²) in [6.45, 7) is 2.20. The lowest BCUT2D eigenvalue weighted by Gasteiger charge is -2.43. The van der Waals surface area contributed by atoms with Gasteiger partial charge in [-0.25, -0.2) is 4.68 Å². The molecule has 0 N–H and O–H groups in total. The highest BCUT2D eigenvalue weighted by Crippen LogP contribution is 2.37. The maximum atomic E-state index is 4.27. The van der Waals surface area contributed by atoms with Gasteiger partial charge in [0.15, 0.2) is 5.82 Å². The summed E-state index contributed by atoms with van der Waals surface area (Å²) in [7, 11) is 0. The van der Waals surface area contributed by atoms with E-state index in [1.54, 1.807) is 0 Å². The number of aromatic nitrogens is 4. The molecule has 19 heavy (non-hydrogen) atoms. The van der Waals surface area contributed by atoms with Crippen molar-refractivity contribution in [1.29, 1.82) is 0 Å². The van der Waals surface area contributed by atoms with Crippen molar-refractivity contribution in [3.63, 3.8) is 0 Å². The van der Waals surface area contributed by atoms with Crippen LogP contribution in [-0.2, 0) is 6.54 Å². The first kappa shape index (κ1) is 11.8. The maximum Gasteiger partial charge on any atom is 0.165 e. The van der Waals surface area contributed by atoms with Crippen molar-refractivity contribution < 1.29 is 0 Å². The predicted octanol–water partition coefficient (Wildman–Crippen LogP) is 2.16. The van der Waals surface area contributed by atoms with Gasteiger partial charge in [-0.15, -0.1) is 5.10 Å². The number of piperidine rings is 1. The SMILES string of the molecule is C1CCC2C(C1)CCCN2Cc1nnnn1C1CC1. The fourth-order valence-corrected chi connectivity index (χ4v) is 4.02. The van der Waals surface area contributed by atoms with Gasteiger partial charge in [0.25, 0.3) is 0 Å². The molecule has 0 spiro atoms. The fraction of sp³-hybridized carbons (Fsp3) is 0.929. The van der Waals surface area contributed by atoms with E-state index in [0.29, 0.717) is 6.04 Å². The minimum atomic E-state index is 0.594. The van der Waals surface area contributed by atoms with Gasteiger partial charge in [-0.05, 0) is 61.4 Å². The largest absolute Gasteiger partial charge is 0.293 e. The van der Waals surface area contributed by atoms with Gasteiger partial charge in [0.1, 0.15) is 0 Å². The molecular weight excluding hydrogens is 238 g/mol. The third-order valence-corrected chi connectivity index (χ3v) is 5.16. The molecule has 1 aromatic rings. The quantitative estimate of drug-likeness (QED) is 0.836. The zero-order valence-corrected chi connectivity index (χ0v) is 11.5. The smallest absolute Gasteiger partial charge is 0.165 e. The highest BCUT2D eigenvalue weighted by atomic mass is 15.6. The van der Waals surface area contributed by atoms with E-state index in [1.165, 1.54) is 57.9 Å². The minimum absolute atomic E-state index is 0.594. The molecule has 2 heterocycles. The summed E-state index contributed by atoms with van der Waals surface area (Å²) in [5.41, 5.74) is 0. The number of likely N-dealkylation sites (tertiary alicyclic amines) is 1. The third-order valence-electron chi connectivity index (χ3n) is 5.16. The van der Waals surface area contributed by atoms with Crippen LogP contribution in [0.25, 0.3) is 0 Å². The number of hydrogen-bond acceptors (Lipinski definition) is 4. The van der Waals surface area contributed by atoms with Gasteiger partial charge in [0.05, 0.1) is 12.6 Å². The molecule has 2 atom stereocenters. The van der Waals surface area contributed by atoms with E-state index in [2.05, 4.69) is 25.1 Å². The Morgan fingerprint density at radius 1 is 1.00 bits per heavy atom. The summed E-state index contributed by atoms with van der Waals surface area (Å²) in [5.74, 6) is 2.03. The molecule has 2 saturated carbocycles. The number of hydrogen-bond donors (Lipinski definition) is 0. The Hall–Kier alpha value is -0.970. The molecule has 4 rings (SSSR count). The second-order valence-electron chi connectivity index (χ2n) is 6.50. The van der Waals surface area contributed by atoms with Crippen LogP contribution in [0.15, 0.2) is 0 Å². The summed E-state index contributed by atoms with van der Waals surface area (Å²) < 4.78 is 2.08. The highest BCUT2D eigenvalue weighted by Gasteiger charge is 2.35. The second-order valence-corrected chi connectivity index (χ2v) is 6.50. The summed E-state index contributed by atoms with van der Waals surface area (Å²) in [5, 5.41) is 12.3. The van der Waals surface area contributed by atoms with Gasteiger partial charge in [0.2, 0.25) is 0 Å². The molecule has 1 aromatic heterocycles. The first-order valence-corrected chi connectivity index (χ1v) is 7.92. The summed E-state index contributed by atoms with van der Waals surface area (Å²) in [6, 6.07) is 1.39. The van der Waals surface area contributed by atoms with E-state index in [-0.39, 0.29) is 0 Å². The van der Waals surface area contributed by atoms with E-state index < -0.39 is 0 Å². The molecule has 0 aromatic carbocycles. The molecule has 5 nitrogen and oxygen atoms in total. The van der Waals surface area contributed by atoms with Crippen molar-refractivity contribution in [2.24, 2.45) is 5.92 Å². The summed E-state index contributed by atoms with van der Waals surface area (Å²) in [6.07, 6.45) is 11.0. The normalized spacial score (nSPS) is 32.2. The Morgan fingerprint density at radius 3 is 2.74 bits per heavy atom. The molecule has 2 unspecified atom stereocenters. The standard InChI is InChI=1S/C14H23N5/c1-2-6-13-11(4-1)5-3-9-18(13)10-14-15-16-17-19(14)12-7-8-12/h11-13H,1-10H2. The molecule has 0 bridgehead atoms. The third kappa shape index (κ3) is 2.29. The van der Waals surface area contributed by atoms with Crippen molar-refractivity contribution in [2.75, 3.05) is 6.54 Å². The average Bonchev–Trinajstić information content (AvgIpc) is 3.20. The Kier molecular flexibility index (Phi) is 3.02. The molecule has 2 aliphatic carbocycles. The lowest BCUT2D eigenvalue weighted by Crippen LogP contribution is -2.46. The summed E-state index contributed by atoms with van der Waals surface area (Å²) >= 11 is 0. The molecule has 3 fully saturated rings. The Balaban J connectivity index is 1.49. The van der Waals surface area contributed by atoms with Crippen LogP contribution in [0.2, 0.25) is 0 Å². The van der Waals surface area contributed by atoms with Crippen molar-refractivity contribution >= 4 is 0 Å². The van der Waals surface area contributed by atoms with Crippen LogP contribution in [0.1, 0.15) is 63.2 Å². The highest BCUT2D eigenvalue weighted by molar-refractivity contribution is 4.94. The van der Waals surface area contributed by atoms with E-state index in [1.807, 2.05) is 0 Å². The van der Waals surface area contributed by atoms with Crippen molar-refractivity contribution in [2.45, 2.75) is 70.0 Å². The van der Waals surface area contributed by atoms with Crippen LogP contribution in [-0.4, -0.2) is 37.7 Å². The van der Waals surface area contributed by atoms with Gasteiger partial charge in [-0.1, -0.05) is 12.8 Å². The van der Waals surface area contributed by atoms with E-state index >= 15 is 0 Å². The predicted molar refractivity (Wildman–Crippen MR) is 71.5 cm³/mol. The molecule has 0 radical (unpaired) electrons. The molecule has 1 saturated heterocycles. The van der Waals surface area contributed by atoms with E-state index in [9.17, 15) is 0 Å². The number of nitrogens with zero attached hydrogens (tertiary/aromatic N) is 5. The number of rotatable bonds is 3. The maximum absolute atomic E-state index is 4.27.